The zero-order valence-electron chi connectivity index (χ0n) is 14.6. The van der Waals surface area contributed by atoms with Gasteiger partial charge < -0.3 is 20.7 Å². The van der Waals surface area contributed by atoms with E-state index in [4.69, 9.17) is 4.74 Å². The van der Waals surface area contributed by atoms with Crippen molar-refractivity contribution in [3.63, 3.8) is 0 Å². The third-order valence-electron chi connectivity index (χ3n) is 3.39. The standard InChI is InChI=1S/C17H23N3O5/c1-11-5-4-6-14(12(11)2)20-15(22)9-19-16(23)10-25-17(24)7-8-18-13(3)21/h4-6H,7-10H2,1-3H3,(H,18,21)(H,19,23)(H,20,22). The molecular formula is C17H23N3O5. The summed E-state index contributed by atoms with van der Waals surface area (Å²) in [5.41, 5.74) is 2.69. The first-order valence-corrected chi connectivity index (χ1v) is 7.82. The smallest absolute Gasteiger partial charge is 0.308 e. The Balaban J connectivity index is 2.27. The summed E-state index contributed by atoms with van der Waals surface area (Å²) in [5.74, 6) is -1.81. The summed E-state index contributed by atoms with van der Waals surface area (Å²) >= 11 is 0. The molecule has 0 aliphatic carbocycles. The lowest BCUT2D eigenvalue weighted by Crippen LogP contribution is -2.36. The lowest BCUT2D eigenvalue weighted by molar-refractivity contribution is -0.148. The molecule has 3 amide bonds. The molecule has 0 bridgehead atoms. The van der Waals surface area contributed by atoms with Gasteiger partial charge in [-0.05, 0) is 31.0 Å². The van der Waals surface area contributed by atoms with Gasteiger partial charge in [0.25, 0.3) is 5.91 Å². The van der Waals surface area contributed by atoms with Crippen LogP contribution >= 0.6 is 0 Å². The molecule has 1 aromatic rings. The van der Waals surface area contributed by atoms with Gasteiger partial charge in [0, 0.05) is 19.2 Å². The summed E-state index contributed by atoms with van der Waals surface area (Å²) in [5, 5.41) is 7.52. The highest BCUT2D eigenvalue weighted by atomic mass is 16.5. The monoisotopic (exact) mass is 349 g/mol. The van der Waals surface area contributed by atoms with Gasteiger partial charge in [-0.1, -0.05) is 12.1 Å². The Bertz CT molecular complexity index is 658. The Morgan fingerprint density at radius 1 is 1.04 bits per heavy atom. The molecule has 0 aliphatic rings. The molecule has 0 fully saturated rings. The molecule has 0 unspecified atom stereocenters. The molecule has 8 nitrogen and oxygen atoms in total. The van der Waals surface area contributed by atoms with E-state index in [0.717, 1.165) is 11.1 Å². The zero-order chi connectivity index (χ0) is 18.8. The van der Waals surface area contributed by atoms with E-state index in [1.165, 1.54) is 6.92 Å². The first kappa shape index (κ1) is 20.1. The second kappa shape index (κ2) is 10.1. The Hall–Kier alpha value is -2.90. The molecule has 25 heavy (non-hydrogen) atoms. The van der Waals surface area contributed by atoms with Gasteiger partial charge in [0.1, 0.15) is 0 Å². The van der Waals surface area contributed by atoms with Crippen molar-refractivity contribution in [3.05, 3.63) is 29.3 Å². The number of ether oxygens (including phenoxy) is 1. The number of amides is 3. The van der Waals surface area contributed by atoms with Crippen LogP contribution in [0.2, 0.25) is 0 Å². The number of nitrogens with one attached hydrogen (secondary N) is 3. The molecule has 1 aromatic carbocycles. The van der Waals surface area contributed by atoms with Crippen molar-refractivity contribution in [2.24, 2.45) is 0 Å². The third kappa shape index (κ3) is 7.96. The van der Waals surface area contributed by atoms with E-state index in [0.29, 0.717) is 5.69 Å². The number of hydrogen-bond acceptors (Lipinski definition) is 5. The van der Waals surface area contributed by atoms with Crippen molar-refractivity contribution in [2.45, 2.75) is 27.2 Å². The minimum absolute atomic E-state index is 0.0278. The highest BCUT2D eigenvalue weighted by Crippen LogP contribution is 2.17. The molecule has 0 spiro atoms. The largest absolute Gasteiger partial charge is 0.456 e. The quantitative estimate of drug-likeness (QED) is 0.589. The number of anilines is 1. The Labute approximate surface area is 146 Å². The normalized spacial score (nSPS) is 9.88. The van der Waals surface area contributed by atoms with Gasteiger partial charge in [-0.2, -0.15) is 0 Å². The lowest BCUT2D eigenvalue weighted by Gasteiger charge is -2.11. The summed E-state index contributed by atoms with van der Waals surface area (Å²) in [6.07, 6.45) is -0.0278. The molecule has 3 N–H and O–H groups in total. The topological polar surface area (TPSA) is 114 Å². The molecule has 136 valence electrons. The predicted octanol–water partition coefficient (Wildman–Crippen LogP) is 0.428. The molecule has 0 aromatic heterocycles. The highest BCUT2D eigenvalue weighted by Gasteiger charge is 2.10. The van der Waals surface area contributed by atoms with Crippen LogP contribution in [0.25, 0.3) is 0 Å². The second-order valence-corrected chi connectivity index (χ2v) is 5.47. The summed E-state index contributed by atoms with van der Waals surface area (Å²) in [4.78, 5) is 45.4. The number of hydrogen-bond donors (Lipinski definition) is 3. The molecule has 1 rings (SSSR count). The van der Waals surface area contributed by atoms with E-state index in [9.17, 15) is 19.2 Å². The van der Waals surface area contributed by atoms with Gasteiger partial charge in [-0.15, -0.1) is 0 Å². The summed E-state index contributed by atoms with van der Waals surface area (Å²) < 4.78 is 4.74. The van der Waals surface area contributed by atoms with Crippen molar-refractivity contribution in [1.29, 1.82) is 0 Å². The highest BCUT2D eigenvalue weighted by molar-refractivity contribution is 5.95. The maximum Gasteiger partial charge on any atom is 0.308 e. The summed E-state index contributed by atoms with van der Waals surface area (Å²) in [6.45, 7) is 4.61. The molecule has 0 saturated heterocycles. The molecular weight excluding hydrogens is 326 g/mol. The molecule has 8 heteroatoms. The summed E-state index contributed by atoms with van der Waals surface area (Å²) in [6, 6.07) is 5.54. The van der Waals surface area contributed by atoms with Gasteiger partial charge in [-0.25, -0.2) is 0 Å². The van der Waals surface area contributed by atoms with Crippen LogP contribution in [0.15, 0.2) is 18.2 Å². The Morgan fingerprint density at radius 2 is 1.76 bits per heavy atom. The Kier molecular flexibility index (Phi) is 8.11. The van der Waals surface area contributed by atoms with Crippen molar-refractivity contribution in [2.75, 3.05) is 25.0 Å². The van der Waals surface area contributed by atoms with Crippen molar-refractivity contribution in [1.82, 2.24) is 10.6 Å². The lowest BCUT2D eigenvalue weighted by atomic mass is 10.1. The Morgan fingerprint density at radius 3 is 2.44 bits per heavy atom. The van der Waals surface area contributed by atoms with Gasteiger partial charge in [0.15, 0.2) is 6.61 Å². The maximum atomic E-state index is 11.8. The fourth-order valence-electron chi connectivity index (χ4n) is 1.87. The van der Waals surface area contributed by atoms with Crippen molar-refractivity contribution in [3.8, 4) is 0 Å². The van der Waals surface area contributed by atoms with Crippen LogP contribution in [0.1, 0.15) is 24.5 Å². The van der Waals surface area contributed by atoms with Crippen LogP contribution in [-0.4, -0.2) is 43.4 Å². The average molecular weight is 349 g/mol. The fourth-order valence-corrected chi connectivity index (χ4v) is 1.87. The number of carbonyl (C=O) groups excluding carboxylic acids is 4. The SMILES string of the molecule is CC(=O)NCCC(=O)OCC(=O)NCC(=O)Nc1cccc(C)c1C. The molecule has 0 aliphatic heterocycles. The number of benzene rings is 1. The van der Waals surface area contributed by atoms with E-state index in [2.05, 4.69) is 16.0 Å². The van der Waals surface area contributed by atoms with Crippen LogP contribution < -0.4 is 16.0 Å². The number of rotatable bonds is 8. The van der Waals surface area contributed by atoms with Crippen LogP contribution in [0.4, 0.5) is 5.69 Å². The number of carbonyl (C=O) groups is 4. The van der Waals surface area contributed by atoms with Crippen molar-refractivity contribution < 1.29 is 23.9 Å². The van der Waals surface area contributed by atoms with E-state index >= 15 is 0 Å². The predicted molar refractivity (Wildman–Crippen MR) is 91.8 cm³/mol. The average Bonchev–Trinajstić information content (AvgIpc) is 2.55. The van der Waals surface area contributed by atoms with Crippen LogP contribution in [0, 0.1) is 13.8 Å². The molecule has 0 saturated carbocycles. The second-order valence-electron chi connectivity index (χ2n) is 5.47. The summed E-state index contributed by atoms with van der Waals surface area (Å²) in [7, 11) is 0. The minimum Gasteiger partial charge on any atom is -0.456 e. The van der Waals surface area contributed by atoms with E-state index in [1.807, 2.05) is 26.0 Å². The number of aryl methyl sites for hydroxylation is 1. The van der Waals surface area contributed by atoms with Crippen LogP contribution in [0.5, 0.6) is 0 Å². The van der Waals surface area contributed by atoms with Gasteiger partial charge in [-0.3, -0.25) is 19.2 Å². The van der Waals surface area contributed by atoms with E-state index < -0.39 is 18.5 Å². The molecule has 0 heterocycles. The van der Waals surface area contributed by atoms with Gasteiger partial charge in [0.05, 0.1) is 13.0 Å². The van der Waals surface area contributed by atoms with Gasteiger partial charge >= 0.3 is 5.97 Å². The first-order valence-electron chi connectivity index (χ1n) is 7.82. The third-order valence-corrected chi connectivity index (χ3v) is 3.39. The molecule has 0 radical (unpaired) electrons. The van der Waals surface area contributed by atoms with Crippen LogP contribution in [0.3, 0.4) is 0 Å². The molecule has 0 atom stereocenters. The fraction of sp³-hybridized carbons (Fsp3) is 0.412. The van der Waals surface area contributed by atoms with Crippen LogP contribution in [-0.2, 0) is 23.9 Å². The minimum atomic E-state index is -0.608. The van der Waals surface area contributed by atoms with Crippen molar-refractivity contribution >= 4 is 29.4 Å². The van der Waals surface area contributed by atoms with Gasteiger partial charge in [0.2, 0.25) is 11.8 Å². The maximum absolute atomic E-state index is 11.8. The van der Waals surface area contributed by atoms with E-state index in [1.54, 1.807) is 6.07 Å². The zero-order valence-corrected chi connectivity index (χ0v) is 14.6. The first-order chi connectivity index (χ1) is 11.8. The van der Waals surface area contributed by atoms with E-state index in [-0.39, 0.29) is 31.3 Å². The number of esters is 1.